The molecule has 2 N–H and O–H groups in total. The Morgan fingerprint density at radius 2 is 2.12 bits per heavy atom. The largest absolute Gasteiger partial charge is 0.395 e. The standard InChI is InChI=1S/C17H20BN5O2/c1-11-3-5-12(6-4-11)13-9-23-16(25)14(19-2)15(21-17(23)20-13)22(10-18)7-8-24/h3-6,9,24H,2,7-8,10,18H2,1H3,(H,20,21). The number of aromatic nitrogens is 3. The summed E-state index contributed by atoms with van der Waals surface area (Å²) in [5, 5.41) is 9.24. The van der Waals surface area contributed by atoms with Gasteiger partial charge in [0, 0.05) is 12.7 Å². The first-order valence-electron chi connectivity index (χ1n) is 8.14. The summed E-state index contributed by atoms with van der Waals surface area (Å²) in [4.78, 5) is 26.2. The Bertz CT molecular complexity index is 962. The molecule has 0 radical (unpaired) electrons. The maximum atomic E-state index is 12.8. The monoisotopic (exact) mass is 337 g/mol. The van der Waals surface area contributed by atoms with Crippen LogP contribution in [0.1, 0.15) is 5.56 Å². The van der Waals surface area contributed by atoms with Gasteiger partial charge in [0.25, 0.3) is 5.56 Å². The highest BCUT2D eigenvalue weighted by Crippen LogP contribution is 2.24. The number of aromatic amines is 1. The van der Waals surface area contributed by atoms with Crippen molar-refractivity contribution in [3.05, 3.63) is 46.4 Å². The number of nitrogens with zero attached hydrogens (tertiary/aromatic N) is 4. The third kappa shape index (κ3) is 3.08. The summed E-state index contributed by atoms with van der Waals surface area (Å²) in [6, 6.07) is 8.00. The Kier molecular flexibility index (Phi) is 4.71. The van der Waals surface area contributed by atoms with E-state index >= 15 is 0 Å². The molecule has 25 heavy (non-hydrogen) atoms. The molecule has 1 aromatic carbocycles. The van der Waals surface area contributed by atoms with Crippen molar-refractivity contribution >= 4 is 31.8 Å². The van der Waals surface area contributed by atoms with Crippen LogP contribution < -0.4 is 10.5 Å². The van der Waals surface area contributed by atoms with Crippen LogP contribution in [0.5, 0.6) is 0 Å². The number of aryl methyl sites for hydroxylation is 1. The summed E-state index contributed by atoms with van der Waals surface area (Å²) in [6.45, 7) is 5.86. The molecule has 8 heteroatoms. The Morgan fingerprint density at radius 3 is 2.72 bits per heavy atom. The van der Waals surface area contributed by atoms with E-state index in [1.54, 1.807) is 11.1 Å². The fourth-order valence-electron chi connectivity index (χ4n) is 2.78. The van der Waals surface area contributed by atoms with Crippen LogP contribution in [0, 0.1) is 6.92 Å². The normalized spacial score (nSPS) is 11.0. The van der Waals surface area contributed by atoms with E-state index in [9.17, 15) is 9.90 Å². The molecule has 2 heterocycles. The second-order valence-corrected chi connectivity index (χ2v) is 5.78. The molecule has 0 aliphatic carbocycles. The van der Waals surface area contributed by atoms with Crippen LogP contribution in [0.3, 0.4) is 0 Å². The minimum absolute atomic E-state index is 0.0369. The summed E-state index contributed by atoms with van der Waals surface area (Å²) in [5.41, 5.74) is 2.82. The SMILES string of the molecule is BCN(CCO)c1nc2[nH]c(-c3ccc(C)cc3)cn2c(=O)c1N=C. The highest BCUT2D eigenvalue weighted by Gasteiger charge is 2.18. The van der Waals surface area contributed by atoms with E-state index in [1.165, 1.54) is 4.40 Å². The van der Waals surface area contributed by atoms with Gasteiger partial charge in [-0.2, -0.15) is 4.98 Å². The number of aliphatic hydroxyl groups excluding tert-OH is 1. The molecule has 3 rings (SSSR count). The van der Waals surface area contributed by atoms with Gasteiger partial charge in [-0.05, 0) is 25.6 Å². The average molecular weight is 337 g/mol. The summed E-state index contributed by atoms with van der Waals surface area (Å²) in [7, 11) is 1.93. The van der Waals surface area contributed by atoms with Gasteiger partial charge in [0.1, 0.15) is 7.85 Å². The average Bonchev–Trinajstić information content (AvgIpc) is 3.04. The van der Waals surface area contributed by atoms with Crippen LogP contribution in [0.25, 0.3) is 17.0 Å². The molecule has 128 valence electrons. The van der Waals surface area contributed by atoms with E-state index in [2.05, 4.69) is 21.7 Å². The Labute approximate surface area is 146 Å². The molecule has 0 aliphatic heterocycles. The lowest BCUT2D eigenvalue weighted by Crippen LogP contribution is -2.31. The van der Waals surface area contributed by atoms with Crippen LogP contribution in [-0.4, -0.2) is 53.6 Å². The van der Waals surface area contributed by atoms with Crippen molar-refractivity contribution in [1.29, 1.82) is 0 Å². The van der Waals surface area contributed by atoms with Gasteiger partial charge in [-0.25, -0.2) is 4.40 Å². The van der Waals surface area contributed by atoms with Crippen LogP contribution in [0.15, 0.2) is 40.2 Å². The van der Waals surface area contributed by atoms with Crippen molar-refractivity contribution in [2.24, 2.45) is 4.99 Å². The fraction of sp³-hybridized carbons (Fsp3) is 0.235. The summed E-state index contributed by atoms with van der Waals surface area (Å²) in [5.74, 6) is 0.855. The summed E-state index contributed by atoms with van der Waals surface area (Å²) >= 11 is 0. The van der Waals surface area contributed by atoms with Crippen molar-refractivity contribution in [3.8, 4) is 11.3 Å². The van der Waals surface area contributed by atoms with Crippen LogP contribution >= 0.6 is 0 Å². The van der Waals surface area contributed by atoms with Gasteiger partial charge in [0.05, 0.1) is 12.3 Å². The number of imidazole rings is 1. The molecule has 0 fully saturated rings. The molecule has 3 aromatic rings. The number of aliphatic hydroxyl groups is 1. The van der Waals surface area contributed by atoms with Gasteiger partial charge in [-0.1, -0.05) is 29.8 Å². The topological polar surface area (TPSA) is 86.0 Å². The van der Waals surface area contributed by atoms with E-state index in [1.807, 2.05) is 39.0 Å². The quantitative estimate of drug-likeness (QED) is 0.513. The molecule has 0 atom stereocenters. The zero-order chi connectivity index (χ0) is 18.0. The van der Waals surface area contributed by atoms with Crippen molar-refractivity contribution in [2.75, 3.05) is 24.5 Å². The number of H-pyrrole nitrogens is 1. The van der Waals surface area contributed by atoms with Gasteiger partial charge >= 0.3 is 0 Å². The Morgan fingerprint density at radius 1 is 1.40 bits per heavy atom. The highest BCUT2D eigenvalue weighted by molar-refractivity contribution is 6.10. The van der Waals surface area contributed by atoms with Crippen LogP contribution in [-0.2, 0) is 0 Å². The van der Waals surface area contributed by atoms with Crippen molar-refractivity contribution < 1.29 is 5.11 Å². The number of anilines is 1. The molecule has 7 nitrogen and oxygen atoms in total. The smallest absolute Gasteiger partial charge is 0.287 e. The van der Waals surface area contributed by atoms with E-state index in [0.29, 0.717) is 24.6 Å². The minimum Gasteiger partial charge on any atom is -0.395 e. The van der Waals surface area contributed by atoms with Gasteiger partial charge < -0.3 is 15.0 Å². The Balaban J connectivity index is 2.19. The van der Waals surface area contributed by atoms with Crippen molar-refractivity contribution in [3.63, 3.8) is 0 Å². The van der Waals surface area contributed by atoms with Gasteiger partial charge in [0.15, 0.2) is 11.5 Å². The molecule has 0 bridgehead atoms. The number of hydrogen-bond acceptors (Lipinski definition) is 5. The first-order valence-corrected chi connectivity index (χ1v) is 8.14. The number of hydrogen-bond donors (Lipinski definition) is 2. The molecular formula is C17H20BN5O2. The number of aliphatic imine (C=N–C) groups is 1. The number of nitrogens with one attached hydrogen (secondary N) is 1. The van der Waals surface area contributed by atoms with Crippen LogP contribution in [0.2, 0.25) is 0 Å². The maximum Gasteiger partial charge on any atom is 0.287 e. The molecule has 0 saturated carbocycles. The second-order valence-electron chi connectivity index (χ2n) is 5.78. The molecule has 2 aromatic heterocycles. The predicted molar refractivity (Wildman–Crippen MR) is 103 cm³/mol. The molecule has 0 saturated heterocycles. The zero-order valence-electron chi connectivity index (χ0n) is 14.4. The first-order chi connectivity index (χ1) is 12.1. The molecule has 0 spiro atoms. The lowest BCUT2D eigenvalue weighted by molar-refractivity contribution is 0.303. The van der Waals surface area contributed by atoms with E-state index in [-0.39, 0.29) is 17.9 Å². The lowest BCUT2D eigenvalue weighted by Gasteiger charge is -2.21. The molecular weight excluding hydrogens is 317 g/mol. The third-order valence-corrected chi connectivity index (χ3v) is 4.15. The lowest BCUT2D eigenvalue weighted by atomic mass is 10.1. The second kappa shape index (κ2) is 6.94. The fourth-order valence-corrected chi connectivity index (χ4v) is 2.78. The number of rotatable bonds is 6. The highest BCUT2D eigenvalue weighted by atomic mass is 16.3. The van der Waals surface area contributed by atoms with E-state index in [4.69, 9.17) is 0 Å². The van der Waals surface area contributed by atoms with Gasteiger partial charge in [-0.15, -0.1) is 0 Å². The molecule has 0 unspecified atom stereocenters. The van der Waals surface area contributed by atoms with E-state index < -0.39 is 0 Å². The van der Waals surface area contributed by atoms with Crippen LogP contribution in [0.4, 0.5) is 11.5 Å². The zero-order valence-corrected chi connectivity index (χ0v) is 14.4. The first kappa shape index (κ1) is 17.0. The van der Waals surface area contributed by atoms with E-state index in [0.717, 1.165) is 16.8 Å². The van der Waals surface area contributed by atoms with Gasteiger partial charge in [-0.3, -0.25) is 9.79 Å². The number of fused-ring (bicyclic) bond motifs is 1. The maximum absolute atomic E-state index is 12.8. The Hall–Kier alpha value is -2.87. The molecule has 0 amide bonds. The van der Waals surface area contributed by atoms with Crippen molar-refractivity contribution in [2.45, 2.75) is 6.92 Å². The third-order valence-electron chi connectivity index (χ3n) is 4.15. The molecule has 0 aliphatic rings. The van der Waals surface area contributed by atoms with Crippen molar-refractivity contribution in [1.82, 2.24) is 14.4 Å². The number of benzene rings is 1. The summed E-state index contributed by atoms with van der Waals surface area (Å²) < 4.78 is 1.44. The predicted octanol–water partition coefficient (Wildman–Crippen LogP) is 0.719. The summed E-state index contributed by atoms with van der Waals surface area (Å²) in [6.07, 6.45) is 2.31. The minimum atomic E-state index is -0.291. The van der Waals surface area contributed by atoms with Gasteiger partial charge in [0.2, 0.25) is 5.78 Å².